The number of nitrogens with one attached hydrogen (secondary N) is 1. The van der Waals surface area contributed by atoms with E-state index < -0.39 is 5.54 Å². The summed E-state index contributed by atoms with van der Waals surface area (Å²) in [6, 6.07) is 19.3. The average Bonchev–Trinajstić information content (AvgIpc) is 2.95. The highest BCUT2D eigenvalue weighted by atomic mass is 16.2. The van der Waals surface area contributed by atoms with Gasteiger partial charge in [-0.15, -0.1) is 0 Å². The van der Waals surface area contributed by atoms with Gasteiger partial charge in [0.25, 0.3) is 5.91 Å². The molecule has 2 aromatic carbocycles. The van der Waals surface area contributed by atoms with Crippen molar-refractivity contribution in [2.24, 2.45) is 5.92 Å². The molecule has 3 amide bonds. The predicted octanol–water partition coefficient (Wildman–Crippen LogP) is 4.26. The highest BCUT2D eigenvalue weighted by Crippen LogP contribution is 2.34. The molecule has 0 aromatic heterocycles. The van der Waals surface area contributed by atoms with Crippen LogP contribution >= 0.6 is 0 Å². The third-order valence-electron chi connectivity index (χ3n) is 5.92. The number of imide groups is 1. The van der Waals surface area contributed by atoms with Gasteiger partial charge in [0, 0.05) is 13.0 Å². The molecule has 2 aliphatic rings. The molecule has 0 unspecified atom stereocenters. The van der Waals surface area contributed by atoms with E-state index in [9.17, 15) is 9.59 Å². The Morgan fingerprint density at radius 1 is 0.889 bits per heavy atom. The molecule has 0 spiro atoms. The molecule has 0 bridgehead atoms. The van der Waals surface area contributed by atoms with Gasteiger partial charge >= 0.3 is 6.03 Å². The van der Waals surface area contributed by atoms with Gasteiger partial charge < -0.3 is 5.32 Å². The van der Waals surface area contributed by atoms with Crippen molar-refractivity contribution in [2.45, 2.75) is 44.1 Å². The third kappa shape index (κ3) is 3.48. The first-order valence-corrected chi connectivity index (χ1v) is 9.92. The predicted molar refractivity (Wildman–Crippen MR) is 105 cm³/mol. The number of nitrogens with zero attached hydrogens (tertiary/aromatic N) is 1. The molecule has 4 rings (SSSR count). The molecule has 140 valence electrons. The van der Waals surface area contributed by atoms with Crippen LogP contribution in [0.5, 0.6) is 0 Å². The number of carbonyl (C=O) groups is 2. The van der Waals surface area contributed by atoms with Gasteiger partial charge in [0.2, 0.25) is 0 Å². The monoisotopic (exact) mass is 362 g/mol. The Bertz CT molecular complexity index is 800. The van der Waals surface area contributed by atoms with E-state index in [1.54, 1.807) is 0 Å². The lowest BCUT2D eigenvalue weighted by molar-refractivity contribution is -0.132. The summed E-state index contributed by atoms with van der Waals surface area (Å²) in [7, 11) is 0. The van der Waals surface area contributed by atoms with Gasteiger partial charge in [0.1, 0.15) is 0 Å². The molecular weight excluding hydrogens is 336 g/mol. The van der Waals surface area contributed by atoms with Gasteiger partial charge in [-0.25, -0.2) is 4.79 Å². The van der Waals surface area contributed by atoms with Gasteiger partial charge in [0.15, 0.2) is 5.54 Å². The van der Waals surface area contributed by atoms with Crippen molar-refractivity contribution in [3.63, 3.8) is 0 Å². The number of benzene rings is 2. The fraction of sp³-hybridized carbons (Fsp3) is 0.391. The van der Waals surface area contributed by atoms with Gasteiger partial charge in [-0.05, 0) is 29.9 Å². The van der Waals surface area contributed by atoms with Crippen LogP contribution in [-0.2, 0) is 16.8 Å². The van der Waals surface area contributed by atoms with Crippen LogP contribution in [0.15, 0.2) is 60.7 Å². The van der Waals surface area contributed by atoms with E-state index in [1.165, 1.54) is 24.2 Å². The van der Waals surface area contributed by atoms with Crippen molar-refractivity contribution < 1.29 is 9.59 Å². The highest BCUT2D eigenvalue weighted by molar-refractivity contribution is 6.07. The van der Waals surface area contributed by atoms with Crippen molar-refractivity contribution in [1.29, 1.82) is 0 Å². The minimum atomic E-state index is -1.02. The largest absolute Gasteiger partial charge is 0.325 e. The Kier molecular flexibility index (Phi) is 4.97. The molecule has 2 aromatic rings. The van der Waals surface area contributed by atoms with E-state index in [2.05, 4.69) is 5.32 Å². The molecule has 1 aliphatic heterocycles. The van der Waals surface area contributed by atoms with Crippen molar-refractivity contribution in [3.8, 4) is 0 Å². The lowest BCUT2D eigenvalue weighted by atomic mass is 9.83. The average molecular weight is 362 g/mol. The molecule has 1 saturated heterocycles. The maximum absolute atomic E-state index is 13.6. The molecule has 4 heteroatoms. The van der Waals surface area contributed by atoms with Crippen LogP contribution in [-0.4, -0.2) is 23.4 Å². The SMILES string of the molecule is O=C1N[C@](Cc2ccccc2)(c2ccccc2)C(=O)N1CC1CCCCC1. The molecular formula is C23H26N2O2. The molecule has 0 radical (unpaired) electrons. The van der Waals surface area contributed by atoms with E-state index in [0.29, 0.717) is 18.9 Å². The van der Waals surface area contributed by atoms with Crippen LogP contribution in [0.2, 0.25) is 0 Å². The Morgan fingerprint density at radius 2 is 1.52 bits per heavy atom. The summed E-state index contributed by atoms with van der Waals surface area (Å²) in [6.45, 7) is 0.536. The molecule has 1 aliphatic carbocycles. The Morgan fingerprint density at radius 3 is 2.19 bits per heavy atom. The second-order valence-electron chi connectivity index (χ2n) is 7.78. The summed E-state index contributed by atoms with van der Waals surface area (Å²) < 4.78 is 0. The van der Waals surface area contributed by atoms with Crippen LogP contribution in [0.3, 0.4) is 0 Å². The molecule has 1 N–H and O–H groups in total. The Hall–Kier alpha value is -2.62. The number of hydrogen-bond donors (Lipinski definition) is 1. The zero-order valence-electron chi connectivity index (χ0n) is 15.6. The number of carbonyl (C=O) groups excluding carboxylic acids is 2. The van der Waals surface area contributed by atoms with Crippen molar-refractivity contribution >= 4 is 11.9 Å². The summed E-state index contributed by atoms with van der Waals surface area (Å²) in [5.74, 6) is 0.310. The lowest BCUT2D eigenvalue weighted by Crippen LogP contribution is -2.46. The van der Waals surface area contributed by atoms with E-state index >= 15 is 0 Å². The van der Waals surface area contributed by atoms with Gasteiger partial charge in [-0.3, -0.25) is 9.69 Å². The Labute approximate surface area is 160 Å². The smallest absolute Gasteiger partial charge is 0.319 e. The minimum absolute atomic E-state index is 0.117. The molecule has 2 fully saturated rings. The zero-order valence-corrected chi connectivity index (χ0v) is 15.6. The zero-order chi connectivity index (χ0) is 18.7. The summed E-state index contributed by atoms with van der Waals surface area (Å²) >= 11 is 0. The van der Waals surface area contributed by atoms with E-state index in [-0.39, 0.29) is 11.9 Å². The summed E-state index contributed by atoms with van der Waals surface area (Å²) in [4.78, 5) is 27.9. The van der Waals surface area contributed by atoms with Crippen molar-refractivity contribution in [3.05, 3.63) is 71.8 Å². The molecule has 1 saturated carbocycles. The van der Waals surface area contributed by atoms with Crippen molar-refractivity contribution in [2.75, 3.05) is 6.54 Å². The number of hydrogen-bond acceptors (Lipinski definition) is 2. The lowest BCUT2D eigenvalue weighted by Gasteiger charge is -2.29. The number of amides is 3. The summed E-state index contributed by atoms with van der Waals surface area (Å²) in [6.07, 6.45) is 6.33. The standard InChI is InChI=1S/C23H26N2O2/c26-21-23(20-14-8-3-9-15-20,16-18-10-4-1-5-11-18)24-22(27)25(21)17-19-12-6-2-7-13-19/h1,3-5,8-11,14-15,19H,2,6-7,12-13,16-17H2,(H,24,27)/t23-/m1/s1. The molecule has 4 nitrogen and oxygen atoms in total. The molecule has 1 heterocycles. The first-order chi connectivity index (χ1) is 13.2. The van der Waals surface area contributed by atoms with Crippen molar-refractivity contribution in [1.82, 2.24) is 10.2 Å². The quantitative estimate of drug-likeness (QED) is 0.808. The summed E-state index contributed by atoms with van der Waals surface area (Å²) in [5, 5.41) is 3.06. The maximum atomic E-state index is 13.6. The second-order valence-corrected chi connectivity index (χ2v) is 7.78. The van der Waals surface area contributed by atoms with Crippen LogP contribution in [0.25, 0.3) is 0 Å². The molecule has 27 heavy (non-hydrogen) atoms. The first kappa shape index (κ1) is 17.8. The fourth-order valence-electron chi connectivity index (χ4n) is 4.46. The van der Waals surface area contributed by atoms with Crippen LogP contribution in [0, 0.1) is 5.92 Å². The van der Waals surface area contributed by atoms with Gasteiger partial charge in [-0.1, -0.05) is 79.9 Å². The van der Waals surface area contributed by atoms with Gasteiger partial charge in [-0.2, -0.15) is 0 Å². The van der Waals surface area contributed by atoms with E-state index in [4.69, 9.17) is 0 Å². The normalized spacial score (nSPS) is 23.5. The minimum Gasteiger partial charge on any atom is -0.319 e. The van der Waals surface area contributed by atoms with E-state index in [1.807, 2.05) is 60.7 Å². The summed E-state index contributed by atoms with van der Waals surface area (Å²) in [5.41, 5.74) is 0.863. The fourth-order valence-corrected chi connectivity index (χ4v) is 4.46. The number of urea groups is 1. The maximum Gasteiger partial charge on any atom is 0.325 e. The third-order valence-corrected chi connectivity index (χ3v) is 5.92. The van der Waals surface area contributed by atoms with Crippen LogP contribution in [0.1, 0.15) is 43.2 Å². The highest BCUT2D eigenvalue weighted by Gasteiger charge is 2.52. The van der Waals surface area contributed by atoms with Crippen LogP contribution in [0.4, 0.5) is 4.79 Å². The molecule has 1 atom stereocenters. The number of rotatable bonds is 5. The van der Waals surface area contributed by atoms with E-state index in [0.717, 1.165) is 24.0 Å². The van der Waals surface area contributed by atoms with Gasteiger partial charge in [0.05, 0.1) is 0 Å². The second kappa shape index (κ2) is 7.55. The van der Waals surface area contributed by atoms with Crippen LogP contribution < -0.4 is 5.32 Å². The topological polar surface area (TPSA) is 49.4 Å². The Balaban J connectivity index is 1.66. The first-order valence-electron chi connectivity index (χ1n) is 9.92.